The lowest BCUT2D eigenvalue weighted by Gasteiger charge is -2.33. The molecule has 176 valence electrons. The summed E-state index contributed by atoms with van der Waals surface area (Å²) in [5, 5.41) is 2.73. The molecule has 4 rings (SSSR count). The van der Waals surface area contributed by atoms with Gasteiger partial charge in [0.05, 0.1) is 18.5 Å². The average Bonchev–Trinajstić information content (AvgIpc) is 3.35. The van der Waals surface area contributed by atoms with Crippen LogP contribution in [0.25, 0.3) is 0 Å². The van der Waals surface area contributed by atoms with Crippen molar-refractivity contribution < 1.29 is 32.7 Å². The number of nitrogens with one attached hydrogen (secondary N) is 1. The molecule has 0 bridgehead atoms. The predicted octanol–water partition coefficient (Wildman–Crippen LogP) is 3.42. The van der Waals surface area contributed by atoms with Gasteiger partial charge in [0.1, 0.15) is 17.6 Å². The molecule has 0 spiro atoms. The van der Waals surface area contributed by atoms with Gasteiger partial charge in [0.15, 0.2) is 30.6 Å². The minimum atomic E-state index is -0.867. The number of ketones is 1. The van der Waals surface area contributed by atoms with E-state index in [1.807, 2.05) is 0 Å². The van der Waals surface area contributed by atoms with Crippen LogP contribution in [0, 0.1) is 12.7 Å². The van der Waals surface area contributed by atoms with E-state index in [0.29, 0.717) is 17.2 Å². The number of nitrogens with zero attached hydrogens (tertiary/aromatic N) is 1. The van der Waals surface area contributed by atoms with E-state index < -0.39 is 36.1 Å². The highest BCUT2D eigenvalue weighted by Gasteiger charge is 2.33. The zero-order chi connectivity index (χ0) is 24.2. The lowest BCUT2D eigenvalue weighted by atomic mass is 10.1. The molecule has 0 saturated heterocycles. The maximum Gasteiger partial charge on any atom is 0.265 e. The molecule has 0 radical (unpaired) electrons. The van der Waals surface area contributed by atoms with Crippen molar-refractivity contribution in [2.45, 2.75) is 26.4 Å². The van der Waals surface area contributed by atoms with Crippen LogP contribution in [0.3, 0.4) is 0 Å². The predicted molar refractivity (Wildman–Crippen MR) is 120 cm³/mol. The molecule has 0 saturated carbocycles. The Morgan fingerprint density at radius 1 is 1.21 bits per heavy atom. The smallest absolute Gasteiger partial charge is 0.265 e. The molecule has 1 aliphatic rings. The summed E-state index contributed by atoms with van der Waals surface area (Å²) in [6.45, 7) is 2.92. The summed E-state index contributed by atoms with van der Waals surface area (Å²) in [7, 11) is 0. The molecule has 34 heavy (non-hydrogen) atoms. The van der Waals surface area contributed by atoms with Crippen molar-refractivity contribution in [3.63, 3.8) is 0 Å². The zero-order valence-corrected chi connectivity index (χ0v) is 18.7. The molecule has 0 fully saturated rings. The Morgan fingerprint density at radius 2 is 2.03 bits per heavy atom. The van der Waals surface area contributed by atoms with Crippen LogP contribution in [0.5, 0.6) is 11.5 Å². The van der Waals surface area contributed by atoms with E-state index in [2.05, 4.69) is 5.32 Å². The number of hydrogen-bond acceptors (Lipinski definition) is 6. The standard InChI is InChI=1S/C25H23FN2O6/c1-15-5-7-19(26)23(10-15)33-13-21(29)17-6-8-22-20(11-17)28(24(30)14-34-22)16(2)25(31)27-12-18-4-3-9-32-18/h3-11,16H,12-14H2,1-2H3,(H,27,31)/t16-/m0/s1. The normalized spacial score (nSPS) is 13.6. The fraction of sp³-hybridized carbons (Fsp3) is 0.240. The summed E-state index contributed by atoms with van der Waals surface area (Å²) >= 11 is 0. The number of rotatable bonds is 8. The van der Waals surface area contributed by atoms with Gasteiger partial charge in [0, 0.05) is 5.56 Å². The third-order valence-corrected chi connectivity index (χ3v) is 5.39. The average molecular weight is 466 g/mol. The quantitative estimate of drug-likeness (QED) is 0.511. The van der Waals surface area contributed by atoms with Crippen molar-refractivity contribution in [1.29, 1.82) is 0 Å². The Labute approximate surface area is 195 Å². The molecule has 1 N–H and O–H groups in total. The minimum Gasteiger partial charge on any atom is -0.482 e. The van der Waals surface area contributed by atoms with Crippen molar-refractivity contribution in [3.8, 4) is 11.5 Å². The van der Waals surface area contributed by atoms with Gasteiger partial charge in [-0.05, 0) is 61.9 Å². The van der Waals surface area contributed by atoms with E-state index in [0.717, 1.165) is 5.56 Å². The first-order valence-electron chi connectivity index (χ1n) is 10.6. The summed E-state index contributed by atoms with van der Waals surface area (Å²) in [5.74, 6) is -0.878. The number of halogens is 1. The number of anilines is 1. The highest BCUT2D eigenvalue weighted by molar-refractivity contribution is 6.05. The van der Waals surface area contributed by atoms with E-state index in [1.165, 1.54) is 35.4 Å². The topological polar surface area (TPSA) is 98.1 Å². The Bertz CT molecular complexity index is 1220. The number of furan rings is 1. The second-order valence-electron chi connectivity index (χ2n) is 7.85. The van der Waals surface area contributed by atoms with Crippen molar-refractivity contribution in [2.24, 2.45) is 0 Å². The van der Waals surface area contributed by atoms with Crippen LogP contribution in [0.2, 0.25) is 0 Å². The molecule has 1 aliphatic heterocycles. The number of hydrogen-bond donors (Lipinski definition) is 1. The minimum absolute atomic E-state index is 0.0201. The van der Waals surface area contributed by atoms with Crippen LogP contribution >= 0.6 is 0 Å². The van der Waals surface area contributed by atoms with E-state index in [-0.39, 0.29) is 24.5 Å². The Hall–Kier alpha value is -4.14. The molecular weight excluding hydrogens is 443 g/mol. The van der Waals surface area contributed by atoms with Gasteiger partial charge in [-0.25, -0.2) is 4.39 Å². The molecule has 1 atom stereocenters. The highest BCUT2D eigenvalue weighted by atomic mass is 19.1. The van der Waals surface area contributed by atoms with Crippen molar-refractivity contribution in [1.82, 2.24) is 5.32 Å². The van der Waals surface area contributed by atoms with Crippen LogP contribution < -0.4 is 19.7 Å². The number of aryl methyl sites for hydroxylation is 1. The molecule has 0 aliphatic carbocycles. The lowest BCUT2D eigenvalue weighted by molar-refractivity contribution is -0.127. The molecule has 0 unspecified atom stereocenters. The summed E-state index contributed by atoms with van der Waals surface area (Å²) < 4.78 is 30.0. The monoisotopic (exact) mass is 466 g/mol. The van der Waals surface area contributed by atoms with Gasteiger partial charge in [0.25, 0.3) is 5.91 Å². The SMILES string of the molecule is Cc1ccc(F)c(OCC(=O)c2ccc3c(c2)N([C@@H](C)C(=O)NCc2ccco2)C(=O)CO3)c1. The summed E-state index contributed by atoms with van der Waals surface area (Å²) in [4.78, 5) is 39.4. The highest BCUT2D eigenvalue weighted by Crippen LogP contribution is 2.34. The van der Waals surface area contributed by atoms with Crippen LogP contribution in [-0.2, 0) is 16.1 Å². The second kappa shape index (κ2) is 9.78. The van der Waals surface area contributed by atoms with Crippen LogP contribution in [0.15, 0.2) is 59.2 Å². The van der Waals surface area contributed by atoms with Gasteiger partial charge >= 0.3 is 0 Å². The zero-order valence-electron chi connectivity index (χ0n) is 18.7. The Morgan fingerprint density at radius 3 is 2.79 bits per heavy atom. The van der Waals surface area contributed by atoms with Gasteiger partial charge < -0.3 is 19.2 Å². The summed E-state index contributed by atoms with van der Waals surface area (Å²) in [6, 6.07) is 11.5. The number of fused-ring (bicyclic) bond motifs is 1. The molecule has 2 heterocycles. The molecule has 2 amide bonds. The van der Waals surface area contributed by atoms with Crippen LogP contribution in [0.1, 0.15) is 28.6 Å². The maximum absolute atomic E-state index is 13.9. The summed E-state index contributed by atoms with van der Waals surface area (Å²) in [5.41, 5.74) is 1.33. The first-order chi connectivity index (χ1) is 16.3. The molecule has 2 aromatic carbocycles. The third-order valence-electron chi connectivity index (χ3n) is 5.39. The van der Waals surface area contributed by atoms with Gasteiger partial charge in [-0.1, -0.05) is 6.07 Å². The van der Waals surface area contributed by atoms with Gasteiger partial charge in [0.2, 0.25) is 5.91 Å². The maximum atomic E-state index is 13.9. The number of carbonyl (C=O) groups is 3. The number of Topliss-reactive ketones (excluding diaryl/α,β-unsaturated/α-hetero) is 1. The number of ether oxygens (including phenoxy) is 2. The Balaban J connectivity index is 1.50. The van der Waals surface area contributed by atoms with Gasteiger partial charge in [-0.2, -0.15) is 0 Å². The van der Waals surface area contributed by atoms with Crippen LogP contribution in [-0.4, -0.2) is 36.9 Å². The van der Waals surface area contributed by atoms with Crippen molar-refractivity contribution in [2.75, 3.05) is 18.1 Å². The molecule has 9 heteroatoms. The summed E-state index contributed by atoms with van der Waals surface area (Å²) in [6.07, 6.45) is 1.50. The molecule has 1 aromatic heterocycles. The largest absolute Gasteiger partial charge is 0.482 e. The van der Waals surface area contributed by atoms with Crippen LogP contribution in [0.4, 0.5) is 10.1 Å². The fourth-order valence-electron chi connectivity index (χ4n) is 3.57. The number of carbonyl (C=O) groups excluding carboxylic acids is 3. The molecule has 3 aromatic rings. The second-order valence-corrected chi connectivity index (χ2v) is 7.85. The number of benzene rings is 2. The van der Waals surface area contributed by atoms with E-state index >= 15 is 0 Å². The lowest BCUT2D eigenvalue weighted by Crippen LogP contribution is -2.51. The van der Waals surface area contributed by atoms with Gasteiger partial charge in [-0.15, -0.1) is 0 Å². The molecular formula is C25H23FN2O6. The fourth-order valence-corrected chi connectivity index (χ4v) is 3.57. The van der Waals surface area contributed by atoms with E-state index in [4.69, 9.17) is 13.9 Å². The third kappa shape index (κ3) is 4.93. The number of amides is 2. The first-order valence-corrected chi connectivity index (χ1v) is 10.6. The first kappa shape index (κ1) is 23.0. The van der Waals surface area contributed by atoms with E-state index in [9.17, 15) is 18.8 Å². The molecule has 8 nitrogen and oxygen atoms in total. The van der Waals surface area contributed by atoms with Gasteiger partial charge in [-0.3, -0.25) is 19.3 Å². The van der Waals surface area contributed by atoms with Crippen molar-refractivity contribution >= 4 is 23.3 Å². The van der Waals surface area contributed by atoms with Crippen molar-refractivity contribution in [3.05, 3.63) is 77.5 Å². The Kier molecular flexibility index (Phi) is 6.62. The van der Waals surface area contributed by atoms with E-state index in [1.54, 1.807) is 38.1 Å².